The van der Waals surface area contributed by atoms with Gasteiger partial charge in [0.1, 0.15) is 0 Å². The lowest BCUT2D eigenvalue weighted by Gasteiger charge is -2.23. The summed E-state index contributed by atoms with van der Waals surface area (Å²) in [7, 11) is -3.46. The quantitative estimate of drug-likeness (QED) is 0.559. The number of rotatable bonds is 7. The summed E-state index contributed by atoms with van der Waals surface area (Å²) in [6, 6.07) is 6.22. The van der Waals surface area contributed by atoms with E-state index in [1.807, 2.05) is 0 Å². The molecule has 0 N–H and O–H groups in total. The Bertz CT molecular complexity index is 478. The van der Waals surface area contributed by atoms with Crippen molar-refractivity contribution in [3.8, 4) is 0 Å². The fourth-order valence-electron chi connectivity index (χ4n) is 1.48. The molecule has 0 bridgehead atoms. The highest BCUT2D eigenvalue weighted by Crippen LogP contribution is 2.53. The van der Waals surface area contributed by atoms with Crippen LogP contribution in [-0.2, 0) is 18.3 Å². The minimum absolute atomic E-state index is 0.208. The van der Waals surface area contributed by atoms with Crippen molar-refractivity contribution in [1.82, 2.24) is 0 Å². The molecule has 1 rings (SSSR count). The van der Waals surface area contributed by atoms with Crippen LogP contribution >= 0.6 is 19.2 Å². The second-order valence-electron chi connectivity index (χ2n) is 3.89. The van der Waals surface area contributed by atoms with Crippen molar-refractivity contribution in [1.29, 1.82) is 0 Å². The van der Waals surface area contributed by atoms with Gasteiger partial charge in [-0.25, -0.2) is 4.79 Å². The van der Waals surface area contributed by atoms with Gasteiger partial charge >= 0.3 is 13.6 Å². The van der Waals surface area contributed by atoms with Crippen LogP contribution in [0.1, 0.15) is 31.1 Å². The van der Waals surface area contributed by atoms with Crippen LogP contribution < -0.4 is 0 Å². The van der Waals surface area contributed by atoms with Gasteiger partial charge in [-0.15, -0.1) is 0 Å². The highest BCUT2D eigenvalue weighted by atomic mass is 35.5. The molecule has 5 nitrogen and oxygen atoms in total. The standard InChI is InChI=1S/C13H18ClO5P/c1-4-17-20(16,18-5-2)10(3)19-13(15)11-6-8-12(14)9-7-11/h6-10H,4-5H2,1-3H3/t10-/m0/s1. The second kappa shape index (κ2) is 7.79. The molecule has 0 fully saturated rings. The van der Waals surface area contributed by atoms with Crippen LogP contribution in [0, 0.1) is 0 Å². The van der Waals surface area contributed by atoms with E-state index in [1.165, 1.54) is 19.1 Å². The zero-order chi connectivity index (χ0) is 15.2. The normalized spacial score (nSPS) is 13.0. The number of benzene rings is 1. The average Bonchev–Trinajstić information content (AvgIpc) is 2.39. The van der Waals surface area contributed by atoms with Crippen molar-refractivity contribution >= 4 is 25.2 Å². The number of carbonyl (C=O) groups is 1. The van der Waals surface area contributed by atoms with Crippen LogP contribution in [0.3, 0.4) is 0 Å². The molecule has 1 aromatic carbocycles. The zero-order valence-electron chi connectivity index (χ0n) is 11.7. The summed E-state index contributed by atoms with van der Waals surface area (Å²) in [4.78, 5) is 11.9. The van der Waals surface area contributed by atoms with Gasteiger partial charge in [0.2, 0.25) is 0 Å². The fraction of sp³-hybridized carbons (Fsp3) is 0.462. The van der Waals surface area contributed by atoms with Crippen LogP contribution in [-0.4, -0.2) is 25.0 Å². The third kappa shape index (κ3) is 4.60. The largest absolute Gasteiger partial charge is 0.446 e. The summed E-state index contributed by atoms with van der Waals surface area (Å²) >= 11 is 5.74. The van der Waals surface area contributed by atoms with E-state index < -0.39 is 19.4 Å². The molecule has 0 radical (unpaired) electrons. The highest BCUT2D eigenvalue weighted by molar-refractivity contribution is 7.54. The summed E-state index contributed by atoms with van der Waals surface area (Å²) in [5.41, 5.74) is 0.320. The fourth-order valence-corrected chi connectivity index (χ4v) is 3.05. The molecular weight excluding hydrogens is 303 g/mol. The summed E-state index contributed by atoms with van der Waals surface area (Å²) in [5.74, 6) is -1.58. The molecule has 0 aromatic heterocycles. The van der Waals surface area contributed by atoms with E-state index in [0.29, 0.717) is 10.6 Å². The molecule has 0 saturated heterocycles. The van der Waals surface area contributed by atoms with E-state index in [9.17, 15) is 9.36 Å². The maximum absolute atomic E-state index is 12.4. The molecular formula is C13H18ClO5P. The molecule has 0 aliphatic heterocycles. The summed E-state index contributed by atoms with van der Waals surface area (Å²) in [6.45, 7) is 5.29. The van der Waals surface area contributed by atoms with Crippen molar-refractivity contribution < 1.29 is 23.1 Å². The van der Waals surface area contributed by atoms with E-state index >= 15 is 0 Å². The van der Waals surface area contributed by atoms with Gasteiger partial charge in [-0.2, -0.15) is 0 Å². The predicted molar refractivity (Wildman–Crippen MR) is 77.2 cm³/mol. The first kappa shape index (κ1) is 17.2. The first-order chi connectivity index (χ1) is 9.42. The van der Waals surface area contributed by atoms with Gasteiger partial charge < -0.3 is 13.8 Å². The van der Waals surface area contributed by atoms with E-state index in [2.05, 4.69) is 0 Å². The molecule has 1 atom stereocenters. The highest BCUT2D eigenvalue weighted by Gasteiger charge is 2.35. The Hall–Kier alpha value is -0.870. The number of halogens is 1. The number of esters is 1. The monoisotopic (exact) mass is 320 g/mol. The van der Waals surface area contributed by atoms with Gasteiger partial charge in [0.25, 0.3) is 0 Å². The maximum Gasteiger partial charge on any atom is 0.370 e. The van der Waals surface area contributed by atoms with Crippen LogP contribution in [0.15, 0.2) is 24.3 Å². The Labute approximate surface area is 123 Å². The number of carbonyl (C=O) groups excluding carboxylic acids is 1. The molecule has 112 valence electrons. The molecule has 0 unspecified atom stereocenters. The van der Waals surface area contributed by atoms with E-state index in [4.69, 9.17) is 25.4 Å². The van der Waals surface area contributed by atoms with Crippen molar-refractivity contribution in [2.24, 2.45) is 0 Å². The van der Waals surface area contributed by atoms with Crippen molar-refractivity contribution in [2.45, 2.75) is 26.6 Å². The molecule has 0 aliphatic rings. The van der Waals surface area contributed by atoms with Crippen LogP contribution in [0.5, 0.6) is 0 Å². The smallest absolute Gasteiger partial charge is 0.370 e. The Kier molecular flexibility index (Phi) is 6.69. The minimum Gasteiger partial charge on any atom is -0.446 e. The topological polar surface area (TPSA) is 61.8 Å². The van der Waals surface area contributed by atoms with Crippen molar-refractivity contribution in [3.63, 3.8) is 0 Å². The third-order valence-corrected chi connectivity index (χ3v) is 4.91. The lowest BCUT2D eigenvalue weighted by atomic mass is 10.2. The Morgan fingerprint density at radius 3 is 2.15 bits per heavy atom. The number of ether oxygens (including phenoxy) is 1. The van der Waals surface area contributed by atoms with Crippen molar-refractivity contribution in [3.05, 3.63) is 34.9 Å². The lowest BCUT2D eigenvalue weighted by Crippen LogP contribution is -2.18. The lowest BCUT2D eigenvalue weighted by molar-refractivity contribution is 0.0398. The van der Waals surface area contributed by atoms with E-state index in [0.717, 1.165) is 0 Å². The first-order valence-electron chi connectivity index (χ1n) is 6.28. The molecule has 0 spiro atoms. The molecule has 0 amide bonds. The number of hydrogen-bond acceptors (Lipinski definition) is 5. The van der Waals surface area contributed by atoms with E-state index in [1.54, 1.807) is 26.0 Å². The summed E-state index contributed by atoms with van der Waals surface area (Å²) in [6.07, 6.45) is 0. The van der Waals surface area contributed by atoms with Gasteiger partial charge in [-0.05, 0) is 45.0 Å². The maximum atomic E-state index is 12.4. The van der Waals surface area contributed by atoms with Crippen molar-refractivity contribution in [2.75, 3.05) is 13.2 Å². The average molecular weight is 321 g/mol. The SMILES string of the molecule is CCOP(=O)(OCC)[C@@H](C)OC(=O)c1ccc(Cl)cc1. The third-order valence-electron chi connectivity index (χ3n) is 2.42. The van der Waals surface area contributed by atoms with Gasteiger partial charge in [-0.1, -0.05) is 11.6 Å². The molecule has 1 aromatic rings. The Morgan fingerprint density at radius 2 is 1.70 bits per heavy atom. The molecule has 0 aliphatic carbocycles. The van der Waals surface area contributed by atoms with Gasteiger partial charge in [-0.3, -0.25) is 4.57 Å². The van der Waals surface area contributed by atoms with Crippen LogP contribution in [0.25, 0.3) is 0 Å². The van der Waals surface area contributed by atoms with Crippen LogP contribution in [0.2, 0.25) is 5.02 Å². The molecule has 0 heterocycles. The van der Waals surface area contributed by atoms with E-state index in [-0.39, 0.29) is 13.2 Å². The Morgan fingerprint density at radius 1 is 1.20 bits per heavy atom. The second-order valence-corrected chi connectivity index (χ2v) is 6.65. The molecule has 20 heavy (non-hydrogen) atoms. The summed E-state index contributed by atoms with van der Waals surface area (Å²) in [5, 5.41) is 0.518. The van der Waals surface area contributed by atoms with Gasteiger partial charge in [0, 0.05) is 5.02 Å². The number of hydrogen-bond donors (Lipinski definition) is 0. The Balaban J connectivity index is 2.77. The van der Waals surface area contributed by atoms with Gasteiger partial charge in [0.05, 0.1) is 18.8 Å². The predicted octanol–water partition coefficient (Wildman–Crippen LogP) is 4.11. The van der Waals surface area contributed by atoms with Gasteiger partial charge in [0.15, 0.2) is 5.85 Å². The molecule has 0 saturated carbocycles. The zero-order valence-corrected chi connectivity index (χ0v) is 13.3. The first-order valence-corrected chi connectivity index (χ1v) is 8.27. The minimum atomic E-state index is -3.46. The van der Waals surface area contributed by atoms with Crippen LogP contribution in [0.4, 0.5) is 0 Å². The molecule has 7 heteroatoms. The summed E-state index contributed by atoms with van der Waals surface area (Å²) < 4.78 is 27.8.